The predicted octanol–water partition coefficient (Wildman–Crippen LogP) is 6.80. The maximum Gasteiger partial charge on any atom is 0.157 e. The van der Waals surface area contributed by atoms with Gasteiger partial charge in [0.25, 0.3) is 0 Å². The molecule has 0 amide bonds. The van der Waals surface area contributed by atoms with E-state index in [1.165, 1.54) is 22.5 Å². The minimum atomic E-state index is 0.165. The number of rotatable bonds is 5. The number of hydrogen-bond donors (Lipinski definition) is 0. The van der Waals surface area contributed by atoms with Crippen molar-refractivity contribution in [2.45, 2.75) is 26.3 Å². The molecular formula is C32H30ClN5. The molecule has 1 aliphatic heterocycles. The molecule has 1 unspecified atom stereocenters. The van der Waals surface area contributed by atoms with Crippen LogP contribution in [0.1, 0.15) is 40.8 Å². The van der Waals surface area contributed by atoms with E-state index in [9.17, 15) is 5.26 Å². The highest BCUT2D eigenvalue weighted by molar-refractivity contribution is 6.30. The number of aromatic nitrogens is 2. The molecule has 6 rings (SSSR count). The normalized spacial score (nSPS) is 15.2. The molecule has 38 heavy (non-hydrogen) atoms. The number of piperazine rings is 1. The first-order chi connectivity index (χ1) is 18.6. The first-order valence-electron chi connectivity index (χ1n) is 13.2. The molecular weight excluding hydrogens is 490 g/mol. The van der Waals surface area contributed by atoms with Gasteiger partial charge in [0.15, 0.2) is 5.65 Å². The molecule has 1 aliphatic rings. The third-order valence-electron chi connectivity index (χ3n) is 7.84. The summed E-state index contributed by atoms with van der Waals surface area (Å²) in [4.78, 5) is 9.96. The lowest BCUT2D eigenvalue weighted by Crippen LogP contribution is -2.48. The third kappa shape index (κ3) is 4.11. The van der Waals surface area contributed by atoms with Crippen LogP contribution in [0.3, 0.4) is 0 Å². The maximum absolute atomic E-state index is 10.1. The van der Waals surface area contributed by atoms with Gasteiger partial charge in [0.2, 0.25) is 0 Å². The number of para-hydroxylation sites is 2. The molecule has 1 atom stereocenters. The largest absolute Gasteiger partial charge is 0.355 e. The van der Waals surface area contributed by atoms with Crippen molar-refractivity contribution in [2.75, 3.05) is 31.1 Å². The molecule has 0 aliphatic carbocycles. The van der Waals surface area contributed by atoms with Crippen LogP contribution in [0.4, 0.5) is 5.82 Å². The fraction of sp³-hybridized carbons (Fsp3) is 0.250. The van der Waals surface area contributed by atoms with Gasteiger partial charge in [-0.3, -0.25) is 9.30 Å². The Hall–Kier alpha value is -3.85. The topological polar surface area (TPSA) is 47.6 Å². The number of nitrogens with zero attached hydrogens (tertiary/aromatic N) is 5. The predicted molar refractivity (Wildman–Crippen MR) is 155 cm³/mol. The van der Waals surface area contributed by atoms with Crippen molar-refractivity contribution in [1.82, 2.24) is 14.3 Å². The zero-order valence-electron chi connectivity index (χ0n) is 21.7. The van der Waals surface area contributed by atoms with Crippen LogP contribution < -0.4 is 4.90 Å². The SMILES string of the molecule is CCc1c(C)c(C#N)c2nc3ccccc3n2c1N1CCN(C(c2ccccc2)c2ccc(Cl)cc2)CC1. The van der Waals surface area contributed by atoms with Crippen LogP contribution in [-0.4, -0.2) is 40.5 Å². The fourth-order valence-corrected chi connectivity index (χ4v) is 6.13. The molecule has 6 heteroatoms. The van der Waals surface area contributed by atoms with Gasteiger partial charge in [0, 0.05) is 31.2 Å². The number of pyridine rings is 1. The summed E-state index contributed by atoms with van der Waals surface area (Å²) in [6.07, 6.45) is 0.857. The molecule has 3 aromatic carbocycles. The van der Waals surface area contributed by atoms with E-state index in [1.807, 2.05) is 30.3 Å². The smallest absolute Gasteiger partial charge is 0.157 e. The van der Waals surface area contributed by atoms with E-state index in [-0.39, 0.29) is 6.04 Å². The molecule has 3 heterocycles. The maximum atomic E-state index is 10.1. The summed E-state index contributed by atoms with van der Waals surface area (Å²) < 4.78 is 2.23. The average Bonchev–Trinajstić information content (AvgIpc) is 3.33. The molecule has 0 saturated carbocycles. The van der Waals surface area contributed by atoms with E-state index in [0.29, 0.717) is 5.56 Å². The Labute approximate surface area is 228 Å². The Balaban J connectivity index is 1.40. The van der Waals surface area contributed by atoms with Gasteiger partial charge in [-0.2, -0.15) is 5.26 Å². The van der Waals surface area contributed by atoms with Crippen LogP contribution in [0, 0.1) is 18.3 Å². The summed E-state index contributed by atoms with van der Waals surface area (Å²) in [6, 6.07) is 29.8. The van der Waals surface area contributed by atoms with Gasteiger partial charge in [-0.15, -0.1) is 0 Å². The highest BCUT2D eigenvalue weighted by atomic mass is 35.5. The Morgan fingerprint density at radius 2 is 1.55 bits per heavy atom. The summed E-state index contributed by atoms with van der Waals surface area (Å²) in [7, 11) is 0. The molecule has 2 aromatic heterocycles. The van der Waals surface area contributed by atoms with E-state index in [4.69, 9.17) is 16.6 Å². The molecule has 0 N–H and O–H groups in total. The van der Waals surface area contributed by atoms with Gasteiger partial charge < -0.3 is 4.90 Å². The lowest BCUT2D eigenvalue weighted by molar-refractivity contribution is 0.212. The average molecular weight is 520 g/mol. The number of anilines is 1. The number of nitriles is 1. The second-order valence-electron chi connectivity index (χ2n) is 9.91. The monoisotopic (exact) mass is 519 g/mol. The van der Waals surface area contributed by atoms with Gasteiger partial charge in [-0.25, -0.2) is 4.98 Å². The van der Waals surface area contributed by atoms with Gasteiger partial charge in [0.05, 0.1) is 22.6 Å². The van der Waals surface area contributed by atoms with Crippen molar-refractivity contribution in [3.8, 4) is 6.07 Å². The number of imidazole rings is 1. The van der Waals surface area contributed by atoms with Crippen LogP contribution in [0.15, 0.2) is 78.9 Å². The van der Waals surface area contributed by atoms with Gasteiger partial charge in [0.1, 0.15) is 11.9 Å². The minimum Gasteiger partial charge on any atom is -0.355 e. The van der Waals surface area contributed by atoms with Crippen LogP contribution >= 0.6 is 11.6 Å². The number of hydrogen-bond acceptors (Lipinski definition) is 4. The standard InChI is InChI=1S/C32H30ClN5/c1-3-26-22(2)27(21-34)31-35-28-11-7-8-12-29(28)38(31)32(26)37-19-17-36(18-20-37)30(23-9-5-4-6-10-23)24-13-15-25(33)16-14-24/h4-16,30H,3,17-20H2,1-2H3. The lowest BCUT2D eigenvalue weighted by atomic mass is 9.96. The molecule has 1 saturated heterocycles. The first-order valence-corrected chi connectivity index (χ1v) is 13.6. The molecule has 0 bridgehead atoms. The third-order valence-corrected chi connectivity index (χ3v) is 8.09. The van der Waals surface area contributed by atoms with E-state index in [2.05, 4.69) is 82.6 Å². The van der Waals surface area contributed by atoms with Crippen molar-refractivity contribution in [1.29, 1.82) is 5.26 Å². The summed E-state index contributed by atoms with van der Waals surface area (Å²) >= 11 is 6.23. The highest BCUT2D eigenvalue weighted by Gasteiger charge is 2.30. The Bertz CT molecular complexity index is 1640. The Morgan fingerprint density at radius 1 is 0.895 bits per heavy atom. The molecule has 1 fully saturated rings. The van der Waals surface area contributed by atoms with Gasteiger partial charge in [-0.1, -0.05) is 73.1 Å². The second kappa shape index (κ2) is 10.1. The van der Waals surface area contributed by atoms with Gasteiger partial charge >= 0.3 is 0 Å². The molecule has 5 nitrogen and oxygen atoms in total. The quantitative estimate of drug-likeness (QED) is 0.256. The van der Waals surface area contributed by atoms with Crippen LogP contribution in [0.5, 0.6) is 0 Å². The zero-order valence-corrected chi connectivity index (χ0v) is 22.5. The molecule has 190 valence electrons. The van der Waals surface area contributed by atoms with E-state index in [0.717, 1.165) is 59.9 Å². The number of benzene rings is 3. The van der Waals surface area contributed by atoms with Crippen LogP contribution in [0.2, 0.25) is 5.02 Å². The van der Waals surface area contributed by atoms with Crippen molar-refractivity contribution in [2.24, 2.45) is 0 Å². The van der Waals surface area contributed by atoms with Crippen molar-refractivity contribution in [3.05, 3.63) is 112 Å². The first kappa shape index (κ1) is 24.5. The van der Waals surface area contributed by atoms with E-state index < -0.39 is 0 Å². The van der Waals surface area contributed by atoms with Crippen molar-refractivity contribution in [3.63, 3.8) is 0 Å². The second-order valence-corrected chi connectivity index (χ2v) is 10.4. The summed E-state index contributed by atoms with van der Waals surface area (Å²) in [5.41, 5.74) is 8.20. The molecule has 5 aromatic rings. The highest BCUT2D eigenvalue weighted by Crippen LogP contribution is 2.36. The fourth-order valence-electron chi connectivity index (χ4n) is 6.01. The van der Waals surface area contributed by atoms with Crippen molar-refractivity contribution >= 4 is 34.1 Å². The van der Waals surface area contributed by atoms with Crippen LogP contribution in [0.25, 0.3) is 16.7 Å². The number of halogens is 1. The van der Waals surface area contributed by atoms with E-state index in [1.54, 1.807) is 0 Å². The Morgan fingerprint density at radius 3 is 2.24 bits per heavy atom. The molecule has 0 radical (unpaired) electrons. The van der Waals surface area contributed by atoms with Gasteiger partial charge in [-0.05, 0) is 59.9 Å². The lowest BCUT2D eigenvalue weighted by Gasteiger charge is -2.41. The number of fused-ring (bicyclic) bond motifs is 3. The summed E-state index contributed by atoms with van der Waals surface area (Å²) in [6.45, 7) is 7.85. The molecule has 0 spiro atoms. The van der Waals surface area contributed by atoms with Crippen LogP contribution in [-0.2, 0) is 6.42 Å². The Kier molecular flexibility index (Phi) is 6.53. The summed E-state index contributed by atoms with van der Waals surface area (Å²) in [5, 5.41) is 10.8. The van der Waals surface area contributed by atoms with Crippen molar-refractivity contribution < 1.29 is 0 Å². The van der Waals surface area contributed by atoms with E-state index >= 15 is 0 Å². The minimum absolute atomic E-state index is 0.165. The zero-order chi connectivity index (χ0) is 26.2. The summed E-state index contributed by atoms with van der Waals surface area (Å²) in [5.74, 6) is 1.18.